The molecule has 0 saturated carbocycles. The average molecular weight is 1100 g/mol. The van der Waals surface area contributed by atoms with Crippen molar-refractivity contribution in [3.63, 3.8) is 0 Å². The first-order valence-electron chi connectivity index (χ1n) is 25.3. The number of nitrogens with zero attached hydrogens (tertiary/aromatic N) is 4. The number of carboxylic acids is 1. The minimum absolute atomic E-state index is 0.0594. The molecule has 79 heavy (non-hydrogen) atoms. The van der Waals surface area contributed by atoms with Crippen LogP contribution >= 0.6 is 0 Å². The zero-order chi connectivity index (χ0) is 58.6. The summed E-state index contributed by atoms with van der Waals surface area (Å²) in [6.45, 7) is 5.89. The van der Waals surface area contributed by atoms with Crippen molar-refractivity contribution >= 4 is 59.1 Å². The Morgan fingerprint density at radius 1 is 0.759 bits per heavy atom. The second-order valence-electron chi connectivity index (χ2n) is 19.7. The summed E-state index contributed by atoms with van der Waals surface area (Å²) >= 11 is 0. The Morgan fingerprint density at radius 3 is 2.05 bits per heavy atom. The third-order valence-corrected chi connectivity index (χ3v) is 12.5. The number of benzene rings is 2. The van der Waals surface area contributed by atoms with Gasteiger partial charge in [-0.1, -0.05) is 51.1 Å². The van der Waals surface area contributed by atoms with Gasteiger partial charge in [0.1, 0.15) is 42.4 Å². The van der Waals surface area contributed by atoms with E-state index in [0.717, 1.165) is 28.7 Å². The predicted octanol–water partition coefficient (Wildman–Crippen LogP) is 0.828. The quantitative estimate of drug-likeness (QED) is 0.0341. The van der Waals surface area contributed by atoms with E-state index in [9.17, 15) is 57.4 Å². The van der Waals surface area contributed by atoms with Crippen LogP contribution in [0.5, 0.6) is 0 Å². The van der Waals surface area contributed by atoms with Crippen LogP contribution in [0.3, 0.4) is 0 Å². The Labute approximate surface area is 455 Å². The van der Waals surface area contributed by atoms with Gasteiger partial charge in [0.05, 0.1) is 31.8 Å². The third-order valence-electron chi connectivity index (χ3n) is 12.5. The molecule has 2 heterocycles. The molecule has 426 valence electrons. The van der Waals surface area contributed by atoms with Gasteiger partial charge in [-0.2, -0.15) is 0 Å². The molecule has 23 nitrogen and oxygen atoms in total. The number of hydrogen-bond donors (Lipinski definition) is 9. The maximum absolute atomic E-state index is 15.4. The molecule has 25 heteroatoms. The van der Waals surface area contributed by atoms with Crippen LogP contribution < -0.4 is 37.6 Å². The Balaban J connectivity index is 1.65. The summed E-state index contributed by atoms with van der Waals surface area (Å²) in [6, 6.07) is 10.2. The highest BCUT2D eigenvalue weighted by Gasteiger charge is 2.39. The Bertz CT molecular complexity index is 2810. The van der Waals surface area contributed by atoms with Gasteiger partial charge in [-0.3, -0.25) is 52.9 Å². The van der Waals surface area contributed by atoms with Crippen molar-refractivity contribution in [2.45, 2.75) is 103 Å². The molecule has 2 aromatic carbocycles. The first-order chi connectivity index (χ1) is 37.3. The number of aliphatic hydroxyl groups is 1. The van der Waals surface area contributed by atoms with Gasteiger partial charge >= 0.3 is 5.97 Å². The first-order valence-corrected chi connectivity index (χ1v) is 25.3. The molecule has 9 amide bonds. The van der Waals surface area contributed by atoms with Gasteiger partial charge in [0, 0.05) is 75.1 Å². The number of carbonyl (C=O) groups is 10. The van der Waals surface area contributed by atoms with Gasteiger partial charge in [-0.05, 0) is 73.2 Å². The lowest BCUT2D eigenvalue weighted by molar-refractivity contribution is -0.142. The van der Waals surface area contributed by atoms with E-state index < -0.39 is 139 Å². The average Bonchev–Trinajstić information content (AvgIpc) is 3.95. The number of pyridine rings is 1. The highest BCUT2D eigenvalue weighted by molar-refractivity contribution is 5.97. The molecular formula is C54H69F2N11O12. The summed E-state index contributed by atoms with van der Waals surface area (Å²) in [5.41, 5.74) is 6.67. The fraction of sp³-hybridized carbons (Fsp3) is 0.426. The molecule has 0 radical (unpaired) electrons. The lowest BCUT2D eigenvalue weighted by atomic mass is 9.82. The largest absolute Gasteiger partial charge is 0.481 e. The van der Waals surface area contributed by atoms with Crippen LogP contribution in [0.4, 0.5) is 8.78 Å². The van der Waals surface area contributed by atoms with Crippen LogP contribution in [-0.2, 0) is 60.9 Å². The van der Waals surface area contributed by atoms with Gasteiger partial charge < -0.3 is 62.2 Å². The van der Waals surface area contributed by atoms with Gasteiger partial charge in [-0.15, -0.1) is 0 Å². The van der Waals surface area contributed by atoms with E-state index in [-0.39, 0.29) is 50.1 Å². The van der Waals surface area contributed by atoms with E-state index in [1.807, 2.05) is 30.3 Å². The maximum Gasteiger partial charge on any atom is 0.303 e. The van der Waals surface area contributed by atoms with Crippen LogP contribution in [0.2, 0.25) is 0 Å². The second-order valence-corrected chi connectivity index (χ2v) is 19.7. The van der Waals surface area contributed by atoms with Crippen molar-refractivity contribution in [3.05, 3.63) is 114 Å². The number of halogens is 2. The minimum Gasteiger partial charge on any atom is -0.481 e. The lowest BCUT2D eigenvalue weighted by Gasteiger charge is -2.41. The summed E-state index contributed by atoms with van der Waals surface area (Å²) in [7, 11) is 1.28. The highest BCUT2D eigenvalue weighted by Crippen LogP contribution is 2.41. The molecule has 0 unspecified atom stereocenters. The smallest absolute Gasteiger partial charge is 0.303 e. The molecule has 4 aromatic rings. The van der Waals surface area contributed by atoms with Crippen molar-refractivity contribution in [2.75, 3.05) is 39.8 Å². The standard InChI is InChI=1S/C54H69F2N11O12/c1-32(62-45(71)24-34-16-19-58-20-17-34)53(79)65(6)33(2)50(76)64-41(27-43(57)69)52(78)63-40(51(77)60-22-21-59-46(72)28-61-44(70)14-15-48(74)75)18-23-67(47(73)31-68)49(54(3,4)5)42-25-36(38-26-37(55)12-13-39(38)56)30-66(42)29-35-10-8-7-9-11-35/h7-13,16-17,19-20,25-26,30,32-33,40-41,49,68H,14-15,18,21-24,27-29,31H2,1-6H3,(H2,57,69)(H,59,72)(H,60,77)(H,61,70)(H,62,71)(H,63,78)(H,64,76)(H,74,75)/t32-,33-,40-,41-,49-/m0/s1. The van der Waals surface area contributed by atoms with Crippen molar-refractivity contribution in [1.82, 2.24) is 51.3 Å². The Morgan fingerprint density at radius 2 is 1.42 bits per heavy atom. The molecule has 10 N–H and O–H groups in total. The summed E-state index contributed by atoms with van der Waals surface area (Å²) in [5, 5.41) is 34.1. The molecule has 0 spiro atoms. The number of nitrogens with two attached hydrogens (primary N) is 1. The SMILES string of the molecule is C[C@H](NC(=O)Cc1ccncc1)C(=O)N(C)[C@@H](C)C(=O)N[C@@H](CC(N)=O)C(=O)N[C@@H](CCN(C(=O)CO)[C@@H](c1cc(-c2cc(F)ccc2F)cn1Cc1ccccc1)C(C)(C)C)C(=O)NCCNC(=O)CNC(=O)CCC(=O)O. The first kappa shape index (κ1) is 62.9. The van der Waals surface area contributed by atoms with Gasteiger partial charge in [0.2, 0.25) is 53.2 Å². The van der Waals surface area contributed by atoms with Crippen LogP contribution in [0.15, 0.2) is 85.3 Å². The molecule has 0 fully saturated rings. The summed E-state index contributed by atoms with van der Waals surface area (Å²) in [5.74, 6) is -10.0. The zero-order valence-electron chi connectivity index (χ0n) is 44.8. The number of aliphatic hydroxyl groups excluding tert-OH is 1. The molecule has 0 aliphatic rings. The van der Waals surface area contributed by atoms with Crippen LogP contribution in [0, 0.1) is 17.0 Å². The van der Waals surface area contributed by atoms with E-state index in [1.54, 1.807) is 49.7 Å². The van der Waals surface area contributed by atoms with E-state index >= 15 is 4.39 Å². The minimum atomic E-state index is -1.76. The second kappa shape index (κ2) is 29.8. The fourth-order valence-electron chi connectivity index (χ4n) is 8.39. The molecule has 0 bridgehead atoms. The van der Waals surface area contributed by atoms with Crippen LogP contribution in [0.25, 0.3) is 11.1 Å². The number of nitrogens with one attached hydrogen (secondary N) is 6. The Hall–Kier alpha value is -8.61. The molecule has 2 aromatic heterocycles. The number of carbonyl (C=O) groups excluding carboxylic acids is 9. The van der Waals surface area contributed by atoms with Crippen molar-refractivity contribution < 1.29 is 66.9 Å². The van der Waals surface area contributed by atoms with Crippen LogP contribution in [0.1, 0.15) is 83.2 Å². The van der Waals surface area contributed by atoms with E-state index in [4.69, 9.17) is 10.8 Å². The van der Waals surface area contributed by atoms with Gasteiger partial charge in [-0.25, -0.2) is 8.78 Å². The van der Waals surface area contributed by atoms with E-state index in [0.29, 0.717) is 11.3 Å². The molecule has 0 saturated heterocycles. The van der Waals surface area contributed by atoms with Crippen molar-refractivity contribution in [2.24, 2.45) is 11.1 Å². The highest BCUT2D eigenvalue weighted by atomic mass is 19.1. The lowest BCUT2D eigenvalue weighted by Crippen LogP contribution is -2.58. The monoisotopic (exact) mass is 1100 g/mol. The number of hydrogen-bond acceptors (Lipinski definition) is 12. The molecule has 5 atom stereocenters. The number of likely N-dealkylation sites (N-methyl/N-ethyl adjacent to an activating group) is 1. The van der Waals surface area contributed by atoms with Crippen molar-refractivity contribution in [3.8, 4) is 11.1 Å². The number of amides is 9. The third kappa shape index (κ3) is 19.7. The van der Waals surface area contributed by atoms with E-state index in [2.05, 4.69) is 36.9 Å². The summed E-state index contributed by atoms with van der Waals surface area (Å²) in [6.07, 6.45) is 2.52. The molecule has 0 aliphatic heterocycles. The number of primary amides is 1. The fourth-order valence-corrected chi connectivity index (χ4v) is 8.39. The summed E-state index contributed by atoms with van der Waals surface area (Å²) in [4.78, 5) is 136. The van der Waals surface area contributed by atoms with Gasteiger partial charge in [0.25, 0.3) is 0 Å². The predicted molar refractivity (Wildman–Crippen MR) is 282 cm³/mol. The Kier molecular flexibility index (Phi) is 23.7. The topological polar surface area (TPSA) is 334 Å². The zero-order valence-corrected chi connectivity index (χ0v) is 44.8. The number of rotatable bonds is 29. The number of aliphatic carboxylic acids is 1. The number of aromatic nitrogens is 2. The molecule has 4 rings (SSSR count). The summed E-state index contributed by atoms with van der Waals surface area (Å²) < 4.78 is 31.8. The number of carboxylic acid groups (broad SMARTS) is 1. The maximum atomic E-state index is 15.4. The molecule has 0 aliphatic carbocycles. The normalized spacial score (nSPS) is 13.0. The van der Waals surface area contributed by atoms with Crippen LogP contribution in [-0.4, -0.2) is 153 Å². The van der Waals surface area contributed by atoms with Gasteiger partial charge in [0.15, 0.2) is 0 Å². The van der Waals surface area contributed by atoms with Crippen molar-refractivity contribution in [1.29, 1.82) is 0 Å². The molecular weight excluding hydrogens is 1030 g/mol. The van der Waals surface area contributed by atoms with E-state index in [1.165, 1.54) is 38.2 Å².